The summed E-state index contributed by atoms with van der Waals surface area (Å²) < 4.78 is 6.97. The Morgan fingerprint density at radius 1 is 1.13 bits per heavy atom. The first-order chi connectivity index (χ1) is 15.0. The average molecular weight is 415 g/mol. The van der Waals surface area contributed by atoms with E-state index < -0.39 is 18.5 Å². The number of fused-ring (bicyclic) bond motifs is 1. The van der Waals surface area contributed by atoms with E-state index in [1.807, 2.05) is 35.0 Å². The standard InChI is InChI=1S/C24H21N3O4/c1-17(28)18-7-10-20(11-8-18)26-23(29)16-31-24(30)12-9-19-15-27(14-4-13-25)22-6-3-2-5-21(19)22/h2-3,5-12,15H,4,14,16H2,1H3,(H,26,29)/b12-9+. The predicted molar refractivity (Wildman–Crippen MR) is 117 cm³/mol. The third-order valence-electron chi connectivity index (χ3n) is 4.60. The van der Waals surface area contributed by atoms with E-state index in [1.54, 1.807) is 30.3 Å². The van der Waals surface area contributed by atoms with E-state index in [4.69, 9.17) is 10.00 Å². The van der Waals surface area contributed by atoms with Gasteiger partial charge in [-0.15, -0.1) is 0 Å². The topological polar surface area (TPSA) is 101 Å². The van der Waals surface area contributed by atoms with Crippen LogP contribution in [0, 0.1) is 11.3 Å². The molecule has 3 rings (SSSR count). The van der Waals surface area contributed by atoms with Crippen LogP contribution in [0.25, 0.3) is 17.0 Å². The molecular weight excluding hydrogens is 394 g/mol. The molecule has 7 heteroatoms. The fourth-order valence-electron chi connectivity index (χ4n) is 3.09. The third kappa shape index (κ3) is 5.67. The van der Waals surface area contributed by atoms with Gasteiger partial charge < -0.3 is 14.6 Å². The molecule has 0 radical (unpaired) electrons. The Bertz CT molecular complexity index is 1180. The van der Waals surface area contributed by atoms with Crippen molar-refractivity contribution in [1.29, 1.82) is 5.26 Å². The summed E-state index contributed by atoms with van der Waals surface area (Å²) in [5.74, 6) is -1.19. The molecule has 0 unspecified atom stereocenters. The zero-order valence-electron chi connectivity index (χ0n) is 17.0. The van der Waals surface area contributed by atoms with E-state index in [-0.39, 0.29) is 5.78 Å². The first kappa shape index (κ1) is 21.5. The first-order valence-corrected chi connectivity index (χ1v) is 9.68. The van der Waals surface area contributed by atoms with Gasteiger partial charge in [-0.25, -0.2) is 4.79 Å². The van der Waals surface area contributed by atoms with Crippen LogP contribution in [0.5, 0.6) is 0 Å². The number of esters is 1. The summed E-state index contributed by atoms with van der Waals surface area (Å²) >= 11 is 0. The van der Waals surface area contributed by atoms with Crippen LogP contribution in [0.3, 0.4) is 0 Å². The summed E-state index contributed by atoms with van der Waals surface area (Å²) in [4.78, 5) is 35.3. The van der Waals surface area contributed by atoms with Gasteiger partial charge in [0.1, 0.15) is 0 Å². The van der Waals surface area contributed by atoms with Gasteiger partial charge in [0.2, 0.25) is 0 Å². The number of benzene rings is 2. The van der Waals surface area contributed by atoms with Crippen LogP contribution >= 0.6 is 0 Å². The molecule has 1 amide bonds. The van der Waals surface area contributed by atoms with E-state index in [0.29, 0.717) is 24.2 Å². The van der Waals surface area contributed by atoms with Gasteiger partial charge in [0.05, 0.1) is 12.5 Å². The number of aryl methyl sites for hydroxylation is 1. The van der Waals surface area contributed by atoms with E-state index >= 15 is 0 Å². The molecule has 1 heterocycles. The number of nitrogens with zero attached hydrogens (tertiary/aromatic N) is 2. The highest BCUT2D eigenvalue weighted by Gasteiger charge is 2.09. The second-order valence-electron chi connectivity index (χ2n) is 6.83. The Kier molecular flexibility index (Phi) is 6.97. The van der Waals surface area contributed by atoms with Crippen molar-refractivity contribution in [2.45, 2.75) is 19.9 Å². The maximum absolute atomic E-state index is 12.0. The fourth-order valence-corrected chi connectivity index (χ4v) is 3.09. The molecule has 0 saturated heterocycles. The molecule has 0 spiro atoms. The van der Waals surface area contributed by atoms with Gasteiger partial charge in [0.15, 0.2) is 12.4 Å². The van der Waals surface area contributed by atoms with Crippen molar-refractivity contribution in [1.82, 2.24) is 4.57 Å². The van der Waals surface area contributed by atoms with Crippen molar-refractivity contribution >= 4 is 40.3 Å². The Morgan fingerprint density at radius 3 is 2.58 bits per heavy atom. The van der Waals surface area contributed by atoms with Gasteiger partial charge in [-0.2, -0.15) is 5.26 Å². The van der Waals surface area contributed by atoms with E-state index in [2.05, 4.69) is 11.4 Å². The lowest BCUT2D eigenvalue weighted by molar-refractivity contribution is -0.142. The van der Waals surface area contributed by atoms with Crippen LogP contribution < -0.4 is 5.32 Å². The van der Waals surface area contributed by atoms with Gasteiger partial charge in [-0.1, -0.05) is 18.2 Å². The lowest BCUT2D eigenvalue weighted by atomic mass is 10.1. The van der Waals surface area contributed by atoms with Crippen LogP contribution in [0.1, 0.15) is 29.3 Å². The summed E-state index contributed by atoms with van der Waals surface area (Å²) in [7, 11) is 0. The Labute approximate surface area is 179 Å². The zero-order chi connectivity index (χ0) is 22.2. The van der Waals surface area contributed by atoms with Crippen LogP contribution in [0.2, 0.25) is 0 Å². The van der Waals surface area contributed by atoms with Gasteiger partial charge in [-0.05, 0) is 43.3 Å². The maximum atomic E-state index is 12.0. The van der Waals surface area contributed by atoms with Crippen molar-refractivity contribution in [2.24, 2.45) is 0 Å². The maximum Gasteiger partial charge on any atom is 0.331 e. The number of rotatable bonds is 8. The normalized spacial score (nSPS) is 10.7. The molecule has 0 fully saturated rings. The number of hydrogen-bond acceptors (Lipinski definition) is 5. The molecule has 3 aromatic rings. The van der Waals surface area contributed by atoms with Gasteiger partial charge in [0.25, 0.3) is 5.91 Å². The number of carbonyl (C=O) groups is 3. The number of nitriles is 1. The molecule has 7 nitrogen and oxygen atoms in total. The number of aromatic nitrogens is 1. The van der Waals surface area contributed by atoms with Gasteiger partial charge in [-0.3, -0.25) is 9.59 Å². The highest BCUT2D eigenvalue weighted by molar-refractivity contribution is 5.97. The van der Waals surface area contributed by atoms with Crippen molar-refractivity contribution in [2.75, 3.05) is 11.9 Å². The molecule has 1 aromatic heterocycles. The predicted octanol–water partition coefficient (Wildman–Crippen LogP) is 3.95. The van der Waals surface area contributed by atoms with Gasteiger partial charge >= 0.3 is 5.97 Å². The van der Waals surface area contributed by atoms with E-state index in [9.17, 15) is 14.4 Å². The van der Waals surface area contributed by atoms with E-state index in [1.165, 1.54) is 13.0 Å². The molecule has 0 atom stereocenters. The fraction of sp³-hybridized carbons (Fsp3) is 0.167. The number of Topliss-reactive ketones (excluding diaryl/α,β-unsaturated/α-hetero) is 1. The number of carbonyl (C=O) groups excluding carboxylic acids is 3. The van der Waals surface area contributed by atoms with Crippen LogP contribution in [0.15, 0.2) is 60.8 Å². The minimum absolute atomic E-state index is 0.0632. The lowest BCUT2D eigenvalue weighted by Gasteiger charge is -2.06. The Balaban J connectivity index is 1.57. The smallest absolute Gasteiger partial charge is 0.331 e. The number of ketones is 1. The molecule has 0 aliphatic carbocycles. The molecule has 0 aliphatic rings. The number of amides is 1. The van der Waals surface area contributed by atoms with Crippen molar-refractivity contribution in [3.05, 3.63) is 71.9 Å². The largest absolute Gasteiger partial charge is 0.452 e. The molecule has 0 bridgehead atoms. The molecule has 0 saturated carbocycles. The number of para-hydroxylation sites is 1. The third-order valence-corrected chi connectivity index (χ3v) is 4.60. The minimum atomic E-state index is -0.643. The summed E-state index contributed by atoms with van der Waals surface area (Å²) in [5, 5.41) is 12.4. The summed E-state index contributed by atoms with van der Waals surface area (Å²) in [6.45, 7) is 1.59. The molecule has 1 N–H and O–H groups in total. The number of nitrogens with one attached hydrogen (secondary N) is 1. The van der Waals surface area contributed by atoms with Crippen LogP contribution in [0.4, 0.5) is 5.69 Å². The quantitative estimate of drug-likeness (QED) is 0.341. The Hall–Kier alpha value is -4.18. The first-order valence-electron chi connectivity index (χ1n) is 9.68. The highest BCUT2D eigenvalue weighted by Crippen LogP contribution is 2.22. The highest BCUT2D eigenvalue weighted by atomic mass is 16.5. The van der Waals surface area contributed by atoms with Crippen LogP contribution in [-0.2, 0) is 20.9 Å². The van der Waals surface area contributed by atoms with Crippen molar-refractivity contribution < 1.29 is 19.1 Å². The molecular formula is C24H21N3O4. The summed E-state index contributed by atoms with van der Waals surface area (Å²) in [6.07, 6.45) is 5.16. The average Bonchev–Trinajstić information content (AvgIpc) is 3.13. The van der Waals surface area contributed by atoms with Crippen molar-refractivity contribution in [3.8, 4) is 6.07 Å². The number of anilines is 1. The SMILES string of the molecule is CC(=O)c1ccc(NC(=O)COC(=O)/C=C/c2cn(CCC#N)c3ccccc23)cc1. The van der Waals surface area contributed by atoms with Crippen LogP contribution in [-0.4, -0.2) is 28.8 Å². The lowest BCUT2D eigenvalue weighted by Crippen LogP contribution is -2.20. The minimum Gasteiger partial charge on any atom is -0.452 e. The Morgan fingerprint density at radius 2 is 1.87 bits per heavy atom. The van der Waals surface area contributed by atoms with E-state index in [0.717, 1.165) is 16.5 Å². The molecule has 31 heavy (non-hydrogen) atoms. The molecule has 0 aliphatic heterocycles. The second kappa shape index (κ2) is 10.0. The monoisotopic (exact) mass is 415 g/mol. The van der Waals surface area contributed by atoms with Crippen molar-refractivity contribution in [3.63, 3.8) is 0 Å². The number of hydrogen-bond donors (Lipinski definition) is 1. The second-order valence-corrected chi connectivity index (χ2v) is 6.83. The number of ether oxygens (including phenoxy) is 1. The van der Waals surface area contributed by atoms with Gasteiger partial charge in [0, 0.05) is 46.5 Å². The zero-order valence-corrected chi connectivity index (χ0v) is 17.0. The summed E-state index contributed by atoms with van der Waals surface area (Å²) in [6, 6.07) is 16.3. The molecule has 2 aromatic carbocycles. The summed E-state index contributed by atoms with van der Waals surface area (Å²) in [5.41, 5.74) is 2.84. The molecule has 156 valence electrons.